The monoisotopic (exact) mass is 418 g/mol. The minimum atomic E-state index is -0.106. The van der Waals surface area contributed by atoms with Crippen LogP contribution < -0.4 is 10.6 Å². The highest BCUT2D eigenvalue weighted by molar-refractivity contribution is 5.94. The summed E-state index contributed by atoms with van der Waals surface area (Å²) in [5, 5.41) is 6.62. The summed E-state index contributed by atoms with van der Waals surface area (Å²) in [5.41, 5.74) is 1.83. The third kappa shape index (κ3) is 10.8. The molecule has 0 unspecified atom stereocenters. The van der Waals surface area contributed by atoms with Crippen LogP contribution in [0, 0.1) is 0 Å². The van der Waals surface area contributed by atoms with E-state index in [-0.39, 0.29) is 11.9 Å². The highest BCUT2D eigenvalue weighted by atomic mass is 16.5. The number of amides is 1. The zero-order valence-electron chi connectivity index (χ0n) is 19.0. The molecule has 168 valence electrons. The van der Waals surface area contributed by atoms with Gasteiger partial charge in [-0.15, -0.1) is 0 Å². The number of hydrogen-bond donors (Lipinski definition) is 2. The zero-order valence-corrected chi connectivity index (χ0v) is 19.0. The predicted octanol–water partition coefficient (Wildman–Crippen LogP) is 3.00. The van der Waals surface area contributed by atoms with E-state index in [1.54, 1.807) is 19.0 Å². The van der Waals surface area contributed by atoms with Crippen molar-refractivity contribution < 1.29 is 14.3 Å². The van der Waals surface area contributed by atoms with Gasteiger partial charge in [0.05, 0.1) is 6.61 Å². The van der Waals surface area contributed by atoms with E-state index in [0.717, 1.165) is 63.3 Å². The molecule has 2 N–H and O–H groups in total. The van der Waals surface area contributed by atoms with Gasteiger partial charge in [-0.1, -0.05) is 25.0 Å². The van der Waals surface area contributed by atoms with Crippen molar-refractivity contribution in [2.45, 2.75) is 52.4 Å². The number of guanidine groups is 1. The number of nitrogens with zero attached hydrogens (tertiary/aromatic N) is 2. The van der Waals surface area contributed by atoms with Gasteiger partial charge in [-0.2, -0.15) is 0 Å². The summed E-state index contributed by atoms with van der Waals surface area (Å²) < 4.78 is 4.93. The lowest BCUT2D eigenvalue weighted by atomic mass is 10.1. The molecule has 0 aliphatic heterocycles. The van der Waals surface area contributed by atoms with Crippen LogP contribution in [0.5, 0.6) is 0 Å². The van der Waals surface area contributed by atoms with E-state index in [9.17, 15) is 9.59 Å². The summed E-state index contributed by atoms with van der Waals surface area (Å²) in [6.45, 7) is 6.62. The summed E-state index contributed by atoms with van der Waals surface area (Å²) in [6, 6.07) is 7.75. The number of carbonyl (C=O) groups excluding carboxylic acids is 2. The first-order valence-corrected chi connectivity index (χ1v) is 11.0. The molecule has 1 rings (SSSR count). The van der Waals surface area contributed by atoms with Crippen molar-refractivity contribution >= 4 is 17.8 Å². The summed E-state index contributed by atoms with van der Waals surface area (Å²) in [7, 11) is 3.52. The van der Waals surface area contributed by atoms with Crippen LogP contribution in [0.3, 0.4) is 0 Å². The molecule has 0 bridgehead atoms. The smallest absolute Gasteiger partial charge is 0.305 e. The Balaban J connectivity index is 2.34. The molecular formula is C23H38N4O3. The lowest BCUT2D eigenvalue weighted by molar-refractivity contribution is -0.143. The Kier molecular flexibility index (Phi) is 13.0. The second kappa shape index (κ2) is 15.3. The van der Waals surface area contributed by atoms with Gasteiger partial charge in [0.15, 0.2) is 5.96 Å². The summed E-state index contributed by atoms with van der Waals surface area (Å²) in [4.78, 5) is 29.6. The highest BCUT2D eigenvalue weighted by Gasteiger charge is 2.08. The molecule has 1 aromatic rings. The molecular weight excluding hydrogens is 380 g/mol. The minimum Gasteiger partial charge on any atom is -0.466 e. The van der Waals surface area contributed by atoms with E-state index in [0.29, 0.717) is 18.6 Å². The summed E-state index contributed by atoms with van der Waals surface area (Å²) in [6.07, 6.45) is 5.25. The SMILES string of the molecule is CCNC(=NCCCCCCC(=O)OCC)NCCc1cccc(C(=O)N(C)C)c1. The molecule has 0 saturated carbocycles. The van der Waals surface area contributed by atoms with Crippen molar-refractivity contribution in [3.8, 4) is 0 Å². The van der Waals surface area contributed by atoms with Gasteiger partial charge in [-0.3, -0.25) is 14.6 Å². The molecule has 7 heteroatoms. The van der Waals surface area contributed by atoms with Gasteiger partial charge in [0.1, 0.15) is 0 Å². The van der Waals surface area contributed by atoms with Crippen LogP contribution in [0.15, 0.2) is 29.3 Å². The van der Waals surface area contributed by atoms with E-state index in [2.05, 4.69) is 15.6 Å². The van der Waals surface area contributed by atoms with Gasteiger partial charge >= 0.3 is 5.97 Å². The van der Waals surface area contributed by atoms with Gasteiger partial charge in [-0.05, 0) is 50.8 Å². The van der Waals surface area contributed by atoms with Crippen molar-refractivity contribution in [1.29, 1.82) is 0 Å². The van der Waals surface area contributed by atoms with Crippen LogP contribution in [-0.2, 0) is 16.0 Å². The average Bonchev–Trinajstić information content (AvgIpc) is 2.72. The van der Waals surface area contributed by atoms with Crippen LogP contribution in [0.1, 0.15) is 61.9 Å². The van der Waals surface area contributed by atoms with E-state index in [1.807, 2.05) is 38.1 Å². The van der Waals surface area contributed by atoms with Crippen molar-refractivity contribution in [2.75, 3.05) is 40.3 Å². The average molecular weight is 419 g/mol. The molecule has 7 nitrogen and oxygen atoms in total. The molecule has 0 saturated heterocycles. The molecule has 1 aromatic carbocycles. The lowest BCUT2D eigenvalue weighted by Crippen LogP contribution is -2.38. The number of aliphatic imine (C=N–C) groups is 1. The second-order valence-electron chi connectivity index (χ2n) is 7.31. The fraction of sp³-hybridized carbons (Fsp3) is 0.609. The number of nitrogens with one attached hydrogen (secondary N) is 2. The molecule has 0 aromatic heterocycles. The highest BCUT2D eigenvalue weighted by Crippen LogP contribution is 2.08. The Morgan fingerprint density at radius 2 is 1.83 bits per heavy atom. The van der Waals surface area contributed by atoms with Crippen LogP contribution in [0.2, 0.25) is 0 Å². The first-order valence-electron chi connectivity index (χ1n) is 11.0. The Bertz CT molecular complexity index is 674. The number of carbonyl (C=O) groups is 2. The fourth-order valence-electron chi connectivity index (χ4n) is 2.94. The number of benzene rings is 1. The Morgan fingerprint density at radius 1 is 1.07 bits per heavy atom. The Labute approximate surface area is 181 Å². The standard InChI is InChI=1S/C23H38N4O3/c1-5-24-23(25-16-10-8-7-9-14-21(28)30-6-2)26-17-15-19-12-11-13-20(18-19)22(29)27(3)4/h11-13,18H,5-10,14-17H2,1-4H3,(H2,24,25,26). The third-order valence-corrected chi connectivity index (χ3v) is 4.49. The number of ether oxygens (including phenoxy) is 1. The maximum Gasteiger partial charge on any atom is 0.305 e. The number of hydrogen-bond acceptors (Lipinski definition) is 4. The normalized spacial score (nSPS) is 11.1. The summed E-state index contributed by atoms with van der Waals surface area (Å²) >= 11 is 0. The van der Waals surface area contributed by atoms with Crippen LogP contribution in [0.25, 0.3) is 0 Å². The maximum atomic E-state index is 12.1. The number of esters is 1. The third-order valence-electron chi connectivity index (χ3n) is 4.49. The molecule has 0 fully saturated rings. The molecule has 0 spiro atoms. The van der Waals surface area contributed by atoms with Gasteiger partial charge < -0.3 is 20.3 Å². The van der Waals surface area contributed by atoms with E-state index in [4.69, 9.17) is 4.74 Å². The number of rotatable bonds is 13. The van der Waals surface area contributed by atoms with Gasteiger partial charge in [0.25, 0.3) is 5.91 Å². The fourth-order valence-corrected chi connectivity index (χ4v) is 2.94. The van der Waals surface area contributed by atoms with E-state index < -0.39 is 0 Å². The number of unbranched alkanes of at least 4 members (excludes halogenated alkanes) is 3. The molecule has 1 amide bonds. The van der Waals surface area contributed by atoms with Gasteiger partial charge in [0, 0.05) is 45.7 Å². The molecule has 0 aliphatic carbocycles. The lowest BCUT2D eigenvalue weighted by Gasteiger charge is -2.13. The largest absolute Gasteiger partial charge is 0.466 e. The van der Waals surface area contributed by atoms with Crippen molar-refractivity contribution in [1.82, 2.24) is 15.5 Å². The topological polar surface area (TPSA) is 83.0 Å². The van der Waals surface area contributed by atoms with Crippen molar-refractivity contribution in [3.63, 3.8) is 0 Å². The first kappa shape index (κ1) is 25.5. The van der Waals surface area contributed by atoms with Gasteiger partial charge in [-0.25, -0.2) is 0 Å². The van der Waals surface area contributed by atoms with Crippen LogP contribution in [-0.4, -0.2) is 63.1 Å². The van der Waals surface area contributed by atoms with Crippen LogP contribution >= 0.6 is 0 Å². The zero-order chi connectivity index (χ0) is 22.2. The minimum absolute atomic E-state index is 0.0157. The Hall–Kier alpha value is -2.57. The quantitative estimate of drug-likeness (QED) is 0.223. The molecule has 30 heavy (non-hydrogen) atoms. The molecule has 0 aliphatic rings. The maximum absolute atomic E-state index is 12.1. The van der Waals surface area contributed by atoms with Crippen molar-refractivity contribution in [2.24, 2.45) is 4.99 Å². The molecule has 0 atom stereocenters. The second-order valence-corrected chi connectivity index (χ2v) is 7.31. The van der Waals surface area contributed by atoms with Crippen LogP contribution in [0.4, 0.5) is 0 Å². The van der Waals surface area contributed by atoms with E-state index in [1.165, 1.54) is 0 Å². The Morgan fingerprint density at radius 3 is 2.53 bits per heavy atom. The molecule has 0 heterocycles. The van der Waals surface area contributed by atoms with Crippen molar-refractivity contribution in [3.05, 3.63) is 35.4 Å². The predicted molar refractivity (Wildman–Crippen MR) is 122 cm³/mol. The summed E-state index contributed by atoms with van der Waals surface area (Å²) in [5.74, 6) is 0.720. The van der Waals surface area contributed by atoms with Gasteiger partial charge in [0.2, 0.25) is 0 Å². The first-order chi connectivity index (χ1) is 14.5. The molecule has 0 radical (unpaired) electrons. The van der Waals surface area contributed by atoms with E-state index >= 15 is 0 Å².